The molecular formula is C19H17F4N3O3. The Morgan fingerprint density at radius 1 is 1.14 bits per heavy atom. The number of nitrogens with one attached hydrogen (secondary N) is 1. The minimum Gasteiger partial charge on any atom is -0.495 e. The van der Waals surface area contributed by atoms with Gasteiger partial charge in [0, 0.05) is 18.8 Å². The van der Waals surface area contributed by atoms with Gasteiger partial charge in [-0.2, -0.15) is 13.2 Å². The van der Waals surface area contributed by atoms with Crippen LogP contribution in [0.3, 0.4) is 0 Å². The molecule has 0 spiro atoms. The quantitative estimate of drug-likeness (QED) is 0.763. The zero-order valence-electron chi connectivity index (χ0n) is 15.3. The monoisotopic (exact) mass is 411 g/mol. The number of carbonyl (C=O) groups is 2. The average molecular weight is 411 g/mol. The number of benzene rings is 2. The fraction of sp³-hybridized carbons (Fsp3) is 0.263. The van der Waals surface area contributed by atoms with E-state index in [1.54, 1.807) is 0 Å². The van der Waals surface area contributed by atoms with Crippen molar-refractivity contribution >= 4 is 23.3 Å². The first kappa shape index (κ1) is 20.4. The third-order valence-electron chi connectivity index (χ3n) is 4.37. The molecular weight excluding hydrogens is 394 g/mol. The van der Waals surface area contributed by atoms with Gasteiger partial charge in [-0.1, -0.05) is 0 Å². The molecule has 10 heteroatoms. The van der Waals surface area contributed by atoms with Crippen molar-refractivity contribution in [1.82, 2.24) is 4.90 Å². The zero-order chi connectivity index (χ0) is 21.2. The van der Waals surface area contributed by atoms with Crippen LogP contribution in [0.25, 0.3) is 0 Å². The highest BCUT2D eigenvalue weighted by atomic mass is 19.4. The van der Waals surface area contributed by atoms with E-state index in [1.807, 2.05) is 0 Å². The summed E-state index contributed by atoms with van der Waals surface area (Å²) in [6.45, 7) is 0.184. The molecule has 0 unspecified atom stereocenters. The largest absolute Gasteiger partial charge is 0.495 e. The summed E-state index contributed by atoms with van der Waals surface area (Å²) in [5.74, 6) is -1.05. The van der Waals surface area contributed by atoms with Crippen molar-refractivity contribution in [2.75, 3.05) is 37.0 Å². The Morgan fingerprint density at radius 2 is 1.83 bits per heavy atom. The molecule has 1 aliphatic heterocycles. The molecule has 154 valence electrons. The average Bonchev–Trinajstić information content (AvgIpc) is 3.02. The fourth-order valence-electron chi connectivity index (χ4n) is 2.94. The molecule has 1 fully saturated rings. The lowest BCUT2D eigenvalue weighted by atomic mass is 10.1. The van der Waals surface area contributed by atoms with Crippen LogP contribution in [0.2, 0.25) is 0 Å². The molecule has 0 saturated carbocycles. The van der Waals surface area contributed by atoms with E-state index in [2.05, 4.69) is 5.32 Å². The maximum absolute atomic E-state index is 13.0. The number of ether oxygens (including phenoxy) is 1. The summed E-state index contributed by atoms with van der Waals surface area (Å²) in [4.78, 5) is 27.4. The van der Waals surface area contributed by atoms with Crippen molar-refractivity contribution in [3.63, 3.8) is 0 Å². The van der Waals surface area contributed by atoms with Crippen LogP contribution in [-0.4, -0.2) is 43.6 Å². The normalized spacial score (nSPS) is 14.3. The van der Waals surface area contributed by atoms with E-state index in [0.29, 0.717) is 12.2 Å². The van der Waals surface area contributed by atoms with Gasteiger partial charge in [-0.05, 0) is 42.5 Å². The van der Waals surface area contributed by atoms with Crippen LogP contribution >= 0.6 is 0 Å². The first-order valence-corrected chi connectivity index (χ1v) is 8.56. The molecule has 0 atom stereocenters. The van der Waals surface area contributed by atoms with Crippen LogP contribution in [0.1, 0.15) is 5.56 Å². The van der Waals surface area contributed by atoms with Crippen LogP contribution < -0.4 is 15.0 Å². The number of amides is 3. The van der Waals surface area contributed by atoms with Crippen LogP contribution in [-0.2, 0) is 11.0 Å². The number of urea groups is 1. The number of anilines is 2. The first-order valence-electron chi connectivity index (χ1n) is 8.56. The molecule has 1 heterocycles. The van der Waals surface area contributed by atoms with Gasteiger partial charge >= 0.3 is 12.2 Å². The molecule has 0 bridgehead atoms. The molecule has 0 aromatic heterocycles. The number of carbonyl (C=O) groups excluding carboxylic acids is 2. The summed E-state index contributed by atoms with van der Waals surface area (Å²) in [6, 6.07) is 7.61. The fourth-order valence-corrected chi connectivity index (χ4v) is 2.94. The topological polar surface area (TPSA) is 61.9 Å². The van der Waals surface area contributed by atoms with Gasteiger partial charge < -0.3 is 15.0 Å². The molecule has 0 radical (unpaired) electrons. The lowest BCUT2D eigenvalue weighted by molar-refractivity contribution is -0.137. The van der Waals surface area contributed by atoms with Crippen molar-refractivity contribution in [3.05, 3.63) is 53.8 Å². The number of nitrogens with zero attached hydrogens (tertiary/aromatic N) is 2. The van der Waals surface area contributed by atoms with Gasteiger partial charge in [0.1, 0.15) is 18.1 Å². The van der Waals surface area contributed by atoms with Gasteiger partial charge in [-0.3, -0.25) is 9.69 Å². The summed E-state index contributed by atoms with van der Waals surface area (Å²) < 4.78 is 56.8. The maximum atomic E-state index is 13.0. The molecule has 1 N–H and O–H groups in total. The van der Waals surface area contributed by atoms with Gasteiger partial charge in [-0.25, -0.2) is 9.18 Å². The Hall–Kier alpha value is -3.30. The van der Waals surface area contributed by atoms with Crippen LogP contribution in [0.5, 0.6) is 5.75 Å². The highest BCUT2D eigenvalue weighted by molar-refractivity contribution is 5.99. The Labute approximate surface area is 163 Å². The minimum atomic E-state index is -4.58. The summed E-state index contributed by atoms with van der Waals surface area (Å²) in [5.41, 5.74) is -0.596. The van der Waals surface area contributed by atoms with Gasteiger partial charge in [0.15, 0.2) is 0 Å². The Balaban J connectivity index is 1.68. The first-order chi connectivity index (χ1) is 13.7. The predicted molar refractivity (Wildman–Crippen MR) is 97.3 cm³/mol. The number of alkyl halides is 3. The molecule has 0 aliphatic carbocycles. The SMILES string of the molecule is COc1ccc(C(F)(F)F)cc1NC(=O)CN1CCN(c2ccc(F)cc2)C1=O. The van der Waals surface area contributed by atoms with Gasteiger partial charge in [-0.15, -0.1) is 0 Å². The molecule has 6 nitrogen and oxygen atoms in total. The second kappa shape index (κ2) is 7.98. The lowest BCUT2D eigenvalue weighted by Gasteiger charge is -2.19. The summed E-state index contributed by atoms with van der Waals surface area (Å²) >= 11 is 0. The molecule has 1 aliphatic rings. The molecule has 2 aromatic rings. The van der Waals surface area contributed by atoms with Crippen LogP contribution in [0, 0.1) is 5.82 Å². The highest BCUT2D eigenvalue weighted by Gasteiger charge is 2.33. The van der Waals surface area contributed by atoms with Crippen molar-refractivity contribution < 1.29 is 31.9 Å². The standard InChI is InChI=1S/C19H17F4N3O3/c1-29-16-7-2-12(19(21,22)23)10-15(16)24-17(27)11-25-8-9-26(18(25)28)14-5-3-13(20)4-6-14/h2-7,10H,8-9,11H2,1H3,(H,24,27). The number of rotatable bonds is 5. The van der Waals surface area contributed by atoms with Gasteiger partial charge in [0.2, 0.25) is 5.91 Å². The predicted octanol–water partition coefficient (Wildman–Crippen LogP) is 3.73. The van der Waals surface area contributed by atoms with Gasteiger partial charge in [0.05, 0.1) is 18.4 Å². The van der Waals surface area contributed by atoms with Gasteiger partial charge in [0.25, 0.3) is 0 Å². The van der Waals surface area contributed by atoms with Crippen molar-refractivity contribution in [2.24, 2.45) is 0 Å². The second-order valence-electron chi connectivity index (χ2n) is 6.29. The number of methoxy groups -OCH3 is 1. The molecule has 29 heavy (non-hydrogen) atoms. The number of hydrogen-bond acceptors (Lipinski definition) is 3. The van der Waals surface area contributed by atoms with Crippen LogP contribution in [0.15, 0.2) is 42.5 Å². The number of halogens is 4. The van der Waals surface area contributed by atoms with E-state index < -0.39 is 29.5 Å². The Bertz CT molecular complexity index is 916. The van der Waals surface area contributed by atoms with Crippen molar-refractivity contribution in [3.8, 4) is 5.75 Å². The molecule has 3 rings (SSSR count). The third kappa shape index (κ3) is 4.58. The highest BCUT2D eigenvalue weighted by Crippen LogP contribution is 2.35. The smallest absolute Gasteiger partial charge is 0.416 e. The summed E-state index contributed by atoms with van der Waals surface area (Å²) in [7, 11) is 1.27. The van der Waals surface area contributed by atoms with E-state index >= 15 is 0 Å². The van der Waals surface area contributed by atoms with E-state index in [4.69, 9.17) is 4.74 Å². The lowest BCUT2D eigenvalue weighted by Crippen LogP contribution is -2.37. The zero-order valence-corrected chi connectivity index (χ0v) is 15.3. The maximum Gasteiger partial charge on any atom is 0.416 e. The third-order valence-corrected chi connectivity index (χ3v) is 4.37. The minimum absolute atomic E-state index is 0.0621. The van der Waals surface area contributed by atoms with E-state index in [9.17, 15) is 27.2 Å². The van der Waals surface area contributed by atoms with E-state index in [1.165, 1.54) is 41.2 Å². The van der Waals surface area contributed by atoms with E-state index in [-0.39, 0.29) is 24.5 Å². The molecule has 1 saturated heterocycles. The molecule has 3 amide bonds. The molecule has 2 aromatic carbocycles. The van der Waals surface area contributed by atoms with E-state index in [0.717, 1.165) is 18.2 Å². The van der Waals surface area contributed by atoms with Crippen LogP contribution in [0.4, 0.5) is 33.7 Å². The number of hydrogen-bond donors (Lipinski definition) is 1. The summed E-state index contributed by atoms with van der Waals surface area (Å²) in [6.07, 6.45) is -4.58. The van der Waals surface area contributed by atoms with Crippen molar-refractivity contribution in [1.29, 1.82) is 0 Å². The summed E-state index contributed by atoms with van der Waals surface area (Å²) in [5, 5.41) is 2.36. The Morgan fingerprint density at radius 3 is 2.45 bits per heavy atom. The Kier molecular flexibility index (Phi) is 5.62. The second-order valence-corrected chi connectivity index (χ2v) is 6.29. The van der Waals surface area contributed by atoms with Crippen molar-refractivity contribution in [2.45, 2.75) is 6.18 Å².